The molecule has 1 unspecified atom stereocenters. The lowest BCUT2D eigenvalue weighted by molar-refractivity contribution is 0.102. The number of anilines is 2. The van der Waals surface area contributed by atoms with E-state index in [1.54, 1.807) is 86.2 Å². The molecule has 7 heteroatoms. The molecule has 3 aromatic rings. The average Bonchev–Trinajstić information content (AvgIpc) is 2.74. The molecular formula is C22H20N2O4S. The van der Waals surface area contributed by atoms with Crippen molar-refractivity contribution in [1.29, 1.82) is 0 Å². The third kappa shape index (κ3) is 5.08. The van der Waals surface area contributed by atoms with Crippen molar-refractivity contribution in [3.63, 3.8) is 0 Å². The molecule has 0 radical (unpaired) electrons. The Balaban J connectivity index is 1.78. The van der Waals surface area contributed by atoms with E-state index in [4.69, 9.17) is 4.74 Å². The van der Waals surface area contributed by atoms with Crippen LogP contribution < -0.4 is 15.4 Å². The minimum absolute atomic E-state index is 0.329. The first-order valence-electron chi connectivity index (χ1n) is 8.77. The molecule has 2 amide bonds. The molecule has 0 aliphatic carbocycles. The highest BCUT2D eigenvalue weighted by Gasteiger charge is 2.15. The molecule has 1 atom stereocenters. The number of amides is 2. The number of carbonyl (C=O) groups excluding carboxylic acids is 2. The van der Waals surface area contributed by atoms with Gasteiger partial charge in [-0.05, 0) is 48.5 Å². The Morgan fingerprint density at radius 3 is 2.28 bits per heavy atom. The van der Waals surface area contributed by atoms with E-state index >= 15 is 0 Å². The van der Waals surface area contributed by atoms with E-state index in [2.05, 4.69) is 10.6 Å². The Labute approximate surface area is 171 Å². The zero-order valence-corrected chi connectivity index (χ0v) is 16.8. The van der Waals surface area contributed by atoms with Crippen LogP contribution in [-0.2, 0) is 10.8 Å². The summed E-state index contributed by atoms with van der Waals surface area (Å²) >= 11 is 0. The molecule has 0 saturated heterocycles. The molecule has 0 heterocycles. The lowest BCUT2D eigenvalue weighted by atomic mass is 10.1. The van der Waals surface area contributed by atoms with Gasteiger partial charge in [0.05, 0.1) is 18.4 Å². The number of hydrogen-bond donors (Lipinski definition) is 2. The summed E-state index contributed by atoms with van der Waals surface area (Å²) < 4.78 is 16.6. The summed E-state index contributed by atoms with van der Waals surface area (Å²) in [4.78, 5) is 26.0. The van der Waals surface area contributed by atoms with Gasteiger partial charge in [0, 0.05) is 39.3 Å². The molecule has 3 rings (SSSR count). The Bertz CT molecular complexity index is 1060. The Hall–Kier alpha value is -3.45. The van der Waals surface area contributed by atoms with Crippen LogP contribution in [0.3, 0.4) is 0 Å². The van der Waals surface area contributed by atoms with Crippen LogP contribution in [0, 0.1) is 0 Å². The first-order valence-corrected chi connectivity index (χ1v) is 10.3. The summed E-state index contributed by atoms with van der Waals surface area (Å²) in [5, 5.41) is 5.57. The number of methoxy groups -OCH3 is 1. The quantitative estimate of drug-likeness (QED) is 0.647. The van der Waals surface area contributed by atoms with Crippen LogP contribution >= 0.6 is 0 Å². The molecule has 2 N–H and O–H groups in total. The third-order valence-electron chi connectivity index (χ3n) is 4.20. The molecule has 0 bridgehead atoms. The van der Waals surface area contributed by atoms with Crippen LogP contribution in [0.15, 0.2) is 77.7 Å². The van der Waals surface area contributed by atoms with Gasteiger partial charge >= 0.3 is 0 Å². The summed E-state index contributed by atoms with van der Waals surface area (Å²) in [6, 6.07) is 20.3. The Morgan fingerprint density at radius 2 is 1.59 bits per heavy atom. The van der Waals surface area contributed by atoms with Crippen LogP contribution in [-0.4, -0.2) is 29.4 Å². The van der Waals surface area contributed by atoms with E-state index in [-0.39, 0.29) is 11.8 Å². The highest BCUT2D eigenvalue weighted by atomic mass is 32.2. The van der Waals surface area contributed by atoms with Crippen LogP contribution in [0.5, 0.6) is 5.75 Å². The van der Waals surface area contributed by atoms with Gasteiger partial charge in [0.1, 0.15) is 5.75 Å². The molecule has 148 valence electrons. The monoisotopic (exact) mass is 408 g/mol. The van der Waals surface area contributed by atoms with Crippen LogP contribution in [0.1, 0.15) is 20.7 Å². The first kappa shape index (κ1) is 20.3. The van der Waals surface area contributed by atoms with E-state index < -0.39 is 10.8 Å². The molecule has 0 spiro atoms. The average molecular weight is 408 g/mol. The van der Waals surface area contributed by atoms with Gasteiger partial charge in [-0.2, -0.15) is 0 Å². The Kier molecular flexibility index (Phi) is 6.41. The highest BCUT2D eigenvalue weighted by molar-refractivity contribution is 7.84. The number of para-hydroxylation sites is 1. The lowest BCUT2D eigenvalue weighted by Gasteiger charge is -2.12. The highest BCUT2D eigenvalue weighted by Crippen LogP contribution is 2.21. The van der Waals surface area contributed by atoms with Gasteiger partial charge < -0.3 is 15.4 Å². The zero-order chi connectivity index (χ0) is 20.8. The molecular weight excluding hydrogens is 388 g/mol. The second kappa shape index (κ2) is 9.16. The van der Waals surface area contributed by atoms with E-state index in [0.717, 1.165) is 0 Å². The molecule has 0 aromatic heterocycles. The van der Waals surface area contributed by atoms with E-state index in [1.165, 1.54) is 0 Å². The Morgan fingerprint density at radius 1 is 0.862 bits per heavy atom. The fourth-order valence-electron chi connectivity index (χ4n) is 2.68. The van der Waals surface area contributed by atoms with Crippen molar-refractivity contribution in [2.75, 3.05) is 24.0 Å². The van der Waals surface area contributed by atoms with Crippen molar-refractivity contribution in [3.05, 3.63) is 83.9 Å². The van der Waals surface area contributed by atoms with Gasteiger partial charge in [0.25, 0.3) is 11.8 Å². The van der Waals surface area contributed by atoms with E-state index in [0.29, 0.717) is 33.1 Å². The number of carbonyl (C=O) groups is 2. The second-order valence-electron chi connectivity index (χ2n) is 6.16. The minimum Gasteiger partial charge on any atom is -0.497 e. The van der Waals surface area contributed by atoms with E-state index in [1.807, 2.05) is 0 Å². The summed E-state index contributed by atoms with van der Waals surface area (Å²) in [5.41, 5.74) is 1.71. The number of rotatable bonds is 6. The van der Waals surface area contributed by atoms with Gasteiger partial charge in [0.2, 0.25) is 0 Å². The predicted molar refractivity (Wildman–Crippen MR) is 114 cm³/mol. The number of benzene rings is 3. The molecule has 6 nitrogen and oxygen atoms in total. The summed E-state index contributed by atoms with van der Waals surface area (Å²) in [5.74, 6) is -0.0909. The van der Waals surface area contributed by atoms with Crippen molar-refractivity contribution >= 4 is 34.0 Å². The lowest BCUT2D eigenvalue weighted by Crippen LogP contribution is -2.18. The number of nitrogens with one attached hydrogen (secondary N) is 2. The predicted octanol–water partition coefficient (Wildman–Crippen LogP) is 3.94. The summed E-state index contributed by atoms with van der Waals surface area (Å²) in [6.07, 6.45) is 1.58. The zero-order valence-electron chi connectivity index (χ0n) is 16.0. The van der Waals surface area contributed by atoms with Gasteiger partial charge in [-0.25, -0.2) is 0 Å². The SMILES string of the molecule is COc1cccc(NC(=O)c2ccccc2NC(=O)c2ccc(S(C)=O)cc2)c1. The molecule has 0 fully saturated rings. The van der Waals surface area contributed by atoms with Crippen LogP contribution in [0.4, 0.5) is 11.4 Å². The molecule has 3 aromatic carbocycles. The maximum Gasteiger partial charge on any atom is 0.257 e. The fourth-order valence-corrected chi connectivity index (χ4v) is 3.20. The smallest absolute Gasteiger partial charge is 0.257 e. The van der Waals surface area contributed by atoms with Crippen molar-refractivity contribution in [2.24, 2.45) is 0 Å². The molecule has 0 aliphatic rings. The maximum absolute atomic E-state index is 12.7. The topological polar surface area (TPSA) is 84.5 Å². The summed E-state index contributed by atoms with van der Waals surface area (Å²) in [6.45, 7) is 0. The van der Waals surface area contributed by atoms with E-state index in [9.17, 15) is 13.8 Å². The summed E-state index contributed by atoms with van der Waals surface area (Å²) in [7, 11) is 0.438. The maximum atomic E-state index is 12.7. The largest absolute Gasteiger partial charge is 0.497 e. The molecule has 0 aliphatic heterocycles. The third-order valence-corrected chi connectivity index (χ3v) is 5.13. The normalized spacial score (nSPS) is 11.4. The van der Waals surface area contributed by atoms with Crippen molar-refractivity contribution in [1.82, 2.24) is 0 Å². The van der Waals surface area contributed by atoms with Gasteiger partial charge in [-0.1, -0.05) is 18.2 Å². The van der Waals surface area contributed by atoms with Crippen molar-refractivity contribution < 1.29 is 18.5 Å². The molecule has 29 heavy (non-hydrogen) atoms. The van der Waals surface area contributed by atoms with Gasteiger partial charge in [0.15, 0.2) is 0 Å². The molecule has 0 saturated carbocycles. The van der Waals surface area contributed by atoms with Gasteiger partial charge in [-0.15, -0.1) is 0 Å². The van der Waals surface area contributed by atoms with Crippen LogP contribution in [0.2, 0.25) is 0 Å². The minimum atomic E-state index is -1.11. The van der Waals surface area contributed by atoms with Gasteiger partial charge in [-0.3, -0.25) is 13.8 Å². The van der Waals surface area contributed by atoms with Crippen molar-refractivity contribution in [2.45, 2.75) is 4.90 Å². The standard InChI is InChI=1S/C22H20N2O4S/c1-28-17-7-5-6-16(14-17)23-22(26)19-8-3-4-9-20(19)24-21(25)15-10-12-18(13-11-15)29(2)27/h3-14H,1-2H3,(H,23,26)(H,24,25). The van der Waals surface area contributed by atoms with Crippen molar-refractivity contribution in [3.8, 4) is 5.75 Å². The first-order chi connectivity index (χ1) is 14.0. The fraction of sp³-hybridized carbons (Fsp3) is 0.0909. The number of hydrogen-bond acceptors (Lipinski definition) is 4. The second-order valence-corrected chi connectivity index (χ2v) is 7.54. The van der Waals surface area contributed by atoms with Crippen LogP contribution in [0.25, 0.3) is 0 Å². The number of ether oxygens (including phenoxy) is 1.